The number of fused-ring (bicyclic) bond motifs is 1. The molecule has 3 rings (SSSR count). The Bertz CT molecular complexity index is 640. The van der Waals surface area contributed by atoms with Crippen molar-refractivity contribution in [1.82, 2.24) is 14.6 Å². The molecular weight excluding hydrogens is 198 g/mol. The van der Waals surface area contributed by atoms with Crippen molar-refractivity contribution in [3.63, 3.8) is 0 Å². The smallest absolute Gasteiger partial charge is 0.168 e. The SMILES string of the molecule is Cc1ccccc1-c1nnc2ccccn12. The summed E-state index contributed by atoms with van der Waals surface area (Å²) in [7, 11) is 0. The van der Waals surface area contributed by atoms with Crippen LogP contribution in [0.2, 0.25) is 0 Å². The maximum Gasteiger partial charge on any atom is 0.168 e. The van der Waals surface area contributed by atoms with Crippen molar-refractivity contribution in [2.45, 2.75) is 6.92 Å². The third-order valence-corrected chi connectivity index (χ3v) is 2.70. The average Bonchev–Trinajstić information content (AvgIpc) is 2.74. The highest BCUT2D eigenvalue weighted by molar-refractivity contribution is 5.62. The van der Waals surface area contributed by atoms with Gasteiger partial charge in [0, 0.05) is 11.8 Å². The fourth-order valence-corrected chi connectivity index (χ4v) is 1.85. The lowest BCUT2D eigenvalue weighted by atomic mass is 10.1. The third-order valence-electron chi connectivity index (χ3n) is 2.70. The Kier molecular flexibility index (Phi) is 1.96. The molecule has 0 atom stereocenters. The number of hydrogen-bond acceptors (Lipinski definition) is 2. The van der Waals surface area contributed by atoms with Gasteiger partial charge >= 0.3 is 0 Å². The predicted octanol–water partition coefficient (Wildman–Crippen LogP) is 2.70. The summed E-state index contributed by atoms with van der Waals surface area (Å²) >= 11 is 0. The average molecular weight is 209 g/mol. The summed E-state index contributed by atoms with van der Waals surface area (Å²) in [5, 5.41) is 8.39. The summed E-state index contributed by atoms with van der Waals surface area (Å²) in [5.41, 5.74) is 3.21. The second-order valence-electron chi connectivity index (χ2n) is 3.77. The van der Waals surface area contributed by atoms with Gasteiger partial charge in [0.05, 0.1) is 0 Å². The van der Waals surface area contributed by atoms with Crippen molar-refractivity contribution >= 4 is 5.65 Å². The summed E-state index contributed by atoms with van der Waals surface area (Å²) in [5.74, 6) is 0.897. The Hall–Kier alpha value is -2.16. The minimum atomic E-state index is 0.876. The van der Waals surface area contributed by atoms with E-state index in [1.54, 1.807) is 0 Å². The quantitative estimate of drug-likeness (QED) is 0.616. The number of nitrogens with zero attached hydrogens (tertiary/aromatic N) is 3. The Morgan fingerprint density at radius 1 is 0.938 bits per heavy atom. The Morgan fingerprint density at radius 2 is 1.75 bits per heavy atom. The molecule has 78 valence electrons. The highest BCUT2D eigenvalue weighted by atomic mass is 15.2. The molecule has 0 spiro atoms. The van der Waals surface area contributed by atoms with Crippen molar-refractivity contribution in [3.8, 4) is 11.4 Å². The lowest BCUT2D eigenvalue weighted by Gasteiger charge is -2.02. The zero-order valence-corrected chi connectivity index (χ0v) is 8.96. The van der Waals surface area contributed by atoms with Gasteiger partial charge in [-0.2, -0.15) is 0 Å². The number of rotatable bonds is 1. The number of aromatic nitrogens is 3. The van der Waals surface area contributed by atoms with Crippen LogP contribution in [0.5, 0.6) is 0 Å². The minimum absolute atomic E-state index is 0.876. The van der Waals surface area contributed by atoms with Crippen LogP contribution >= 0.6 is 0 Å². The molecule has 2 heterocycles. The maximum atomic E-state index is 4.24. The fourth-order valence-electron chi connectivity index (χ4n) is 1.85. The molecule has 2 aromatic heterocycles. The van der Waals surface area contributed by atoms with E-state index in [1.807, 2.05) is 40.9 Å². The monoisotopic (exact) mass is 209 g/mol. The molecule has 0 aliphatic heterocycles. The normalized spacial score (nSPS) is 10.8. The lowest BCUT2D eigenvalue weighted by molar-refractivity contribution is 1.11. The first kappa shape index (κ1) is 9.09. The van der Waals surface area contributed by atoms with E-state index >= 15 is 0 Å². The van der Waals surface area contributed by atoms with Crippen LogP contribution in [0.25, 0.3) is 17.0 Å². The molecule has 0 aliphatic rings. The van der Waals surface area contributed by atoms with Gasteiger partial charge in [0.15, 0.2) is 11.5 Å². The molecule has 0 N–H and O–H groups in total. The molecule has 0 fully saturated rings. The molecule has 0 radical (unpaired) electrons. The van der Waals surface area contributed by atoms with E-state index in [1.165, 1.54) is 5.56 Å². The number of pyridine rings is 1. The first-order valence-corrected chi connectivity index (χ1v) is 5.22. The van der Waals surface area contributed by atoms with Crippen molar-refractivity contribution in [3.05, 3.63) is 54.2 Å². The zero-order chi connectivity index (χ0) is 11.0. The van der Waals surface area contributed by atoms with Gasteiger partial charge in [-0.3, -0.25) is 4.40 Å². The van der Waals surface area contributed by atoms with Gasteiger partial charge in [0.25, 0.3) is 0 Å². The summed E-state index contributed by atoms with van der Waals surface area (Å²) in [4.78, 5) is 0. The molecule has 0 unspecified atom stereocenters. The van der Waals surface area contributed by atoms with Crippen LogP contribution in [0.3, 0.4) is 0 Å². The molecular formula is C13H11N3. The highest BCUT2D eigenvalue weighted by Gasteiger charge is 2.08. The topological polar surface area (TPSA) is 30.2 Å². The largest absolute Gasteiger partial charge is 0.282 e. The van der Waals surface area contributed by atoms with E-state index in [0.717, 1.165) is 17.0 Å². The molecule has 0 bridgehead atoms. The van der Waals surface area contributed by atoms with Crippen LogP contribution in [-0.2, 0) is 0 Å². The van der Waals surface area contributed by atoms with Crippen LogP contribution in [0.15, 0.2) is 48.7 Å². The summed E-state index contributed by atoms with van der Waals surface area (Å²) < 4.78 is 2.00. The Balaban J connectivity index is 2.31. The van der Waals surface area contributed by atoms with Gasteiger partial charge in [-0.15, -0.1) is 10.2 Å². The number of hydrogen-bond donors (Lipinski definition) is 0. The van der Waals surface area contributed by atoms with Gasteiger partial charge in [0.1, 0.15) is 0 Å². The van der Waals surface area contributed by atoms with E-state index < -0.39 is 0 Å². The van der Waals surface area contributed by atoms with Crippen molar-refractivity contribution < 1.29 is 0 Å². The van der Waals surface area contributed by atoms with Crippen LogP contribution in [-0.4, -0.2) is 14.6 Å². The van der Waals surface area contributed by atoms with Crippen molar-refractivity contribution in [2.24, 2.45) is 0 Å². The van der Waals surface area contributed by atoms with E-state index in [-0.39, 0.29) is 0 Å². The van der Waals surface area contributed by atoms with E-state index in [2.05, 4.69) is 29.3 Å². The second kappa shape index (κ2) is 3.45. The van der Waals surface area contributed by atoms with Gasteiger partial charge in [-0.05, 0) is 24.6 Å². The minimum Gasteiger partial charge on any atom is -0.282 e. The number of benzene rings is 1. The van der Waals surface area contributed by atoms with Gasteiger partial charge < -0.3 is 0 Å². The van der Waals surface area contributed by atoms with Crippen LogP contribution in [0, 0.1) is 6.92 Å². The predicted molar refractivity (Wildman–Crippen MR) is 63.2 cm³/mol. The van der Waals surface area contributed by atoms with Crippen LogP contribution in [0.1, 0.15) is 5.56 Å². The molecule has 3 aromatic rings. The molecule has 0 saturated carbocycles. The fraction of sp³-hybridized carbons (Fsp3) is 0.0769. The zero-order valence-electron chi connectivity index (χ0n) is 8.96. The first-order chi connectivity index (χ1) is 7.86. The highest BCUT2D eigenvalue weighted by Crippen LogP contribution is 2.21. The third kappa shape index (κ3) is 1.29. The van der Waals surface area contributed by atoms with E-state index in [4.69, 9.17) is 0 Å². The summed E-state index contributed by atoms with van der Waals surface area (Å²) in [6.07, 6.45) is 1.98. The number of aryl methyl sites for hydroxylation is 1. The van der Waals surface area contributed by atoms with Crippen molar-refractivity contribution in [2.75, 3.05) is 0 Å². The molecule has 0 aliphatic carbocycles. The summed E-state index contributed by atoms with van der Waals surface area (Å²) in [6, 6.07) is 14.1. The molecule has 0 amide bonds. The molecule has 3 heteroatoms. The molecule has 1 aromatic carbocycles. The van der Waals surface area contributed by atoms with Crippen LogP contribution < -0.4 is 0 Å². The van der Waals surface area contributed by atoms with Gasteiger partial charge in [-0.1, -0.05) is 30.3 Å². The lowest BCUT2D eigenvalue weighted by Crippen LogP contribution is -1.90. The second-order valence-corrected chi connectivity index (χ2v) is 3.77. The molecule has 16 heavy (non-hydrogen) atoms. The standard InChI is InChI=1S/C13H11N3/c1-10-6-2-3-7-11(10)13-15-14-12-8-4-5-9-16(12)13/h2-9H,1H3. The molecule has 3 nitrogen and oxygen atoms in total. The molecule has 0 saturated heterocycles. The van der Waals surface area contributed by atoms with Gasteiger partial charge in [0.2, 0.25) is 0 Å². The van der Waals surface area contributed by atoms with Gasteiger partial charge in [-0.25, -0.2) is 0 Å². The Morgan fingerprint density at radius 3 is 2.62 bits per heavy atom. The summed E-state index contributed by atoms with van der Waals surface area (Å²) in [6.45, 7) is 2.08. The first-order valence-electron chi connectivity index (χ1n) is 5.22. The van der Waals surface area contributed by atoms with E-state index in [0.29, 0.717) is 0 Å². The van der Waals surface area contributed by atoms with Crippen molar-refractivity contribution in [1.29, 1.82) is 0 Å². The van der Waals surface area contributed by atoms with Crippen LogP contribution in [0.4, 0.5) is 0 Å². The maximum absolute atomic E-state index is 4.24. The van der Waals surface area contributed by atoms with E-state index in [9.17, 15) is 0 Å². The Labute approximate surface area is 93.4 Å².